The molecule has 4 aromatic rings. The Kier molecular flexibility index (Phi) is 10.4. The number of halogens is 4. The van der Waals surface area contributed by atoms with E-state index >= 15 is 0 Å². The van der Waals surface area contributed by atoms with E-state index in [9.17, 15) is 0 Å². The molecule has 52 heavy (non-hydrogen) atoms. The minimum atomic E-state index is -5.58. The molecule has 0 nitrogen and oxygen atoms in total. The van der Waals surface area contributed by atoms with Gasteiger partial charge in [0.15, 0.2) is 0 Å². The van der Waals surface area contributed by atoms with E-state index in [1.165, 1.54) is 44.5 Å². The second-order valence-corrected chi connectivity index (χ2v) is 41.8. The number of benzene rings is 4. The van der Waals surface area contributed by atoms with Crippen molar-refractivity contribution in [3.8, 4) is 11.1 Å². The Bertz CT molecular complexity index is 2040. The first-order chi connectivity index (χ1) is 23.8. The van der Waals surface area contributed by atoms with Gasteiger partial charge in [-0.15, -0.1) is 0 Å². The zero-order valence-electron chi connectivity index (χ0n) is 32.9. The molecule has 0 atom stereocenters. The normalized spacial score (nSPS) is 15.7. The summed E-state index contributed by atoms with van der Waals surface area (Å²) in [6.07, 6.45) is 8.85. The van der Waals surface area contributed by atoms with Gasteiger partial charge in [0.1, 0.15) is 0 Å². The van der Waals surface area contributed by atoms with Crippen molar-refractivity contribution in [3.63, 3.8) is 0 Å². The number of fused-ring (bicyclic) bond motifs is 3. The van der Waals surface area contributed by atoms with Gasteiger partial charge in [-0.3, -0.25) is 0 Å². The monoisotopic (exact) mass is 936 g/mol. The van der Waals surface area contributed by atoms with Gasteiger partial charge in [-0.1, -0.05) is 0 Å². The summed E-state index contributed by atoms with van der Waals surface area (Å²) in [5.74, 6) is 0. The van der Waals surface area contributed by atoms with Gasteiger partial charge < -0.3 is 0 Å². The van der Waals surface area contributed by atoms with E-state index in [-0.39, 0.29) is 28.9 Å². The molecule has 0 fully saturated rings. The Labute approximate surface area is 338 Å². The quantitative estimate of drug-likeness (QED) is 0.191. The molecule has 274 valence electrons. The molecule has 0 saturated heterocycles. The van der Waals surface area contributed by atoms with Crippen molar-refractivity contribution < 1.29 is 15.9 Å². The fourth-order valence-corrected chi connectivity index (χ4v) is 28.5. The molecule has 0 heterocycles. The first-order valence-corrected chi connectivity index (χ1v) is 30.5. The minimum absolute atomic E-state index is 0.0584. The van der Waals surface area contributed by atoms with Crippen LogP contribution in [0.5, 0.6) is 0 Å². The maximum absolute atomic E-state index is 8.98. The third-order valence-corrected chi connectivity index (χ3v) is 31.9. The number of hydrogen-bond acceptors (Lipinski definition) is 0. The van der Waals surface area contributed by atoms with Crippen LogP contribution in [-0.4, -0.2) is 3.21 Å². The van der Waals surface area contributed by atoms with E-state index in [1.807, 2.05) is 0 Å². The zero-order chi connectivity index (χ0) is 38.4. The second-order valence-electron chi connectivity index (χ2n) is 19.2. The van der Waals surface area contributed by atoms with Crippen LogP contribution in [0.3, 0.4) is 0 Å². The number of rotatable bonds is 4. The van der Waals surface area contributed by atoms with E-state index < -0.39 is 15.9 Å². The zero-order valence-corrected chi connectivity index (χ0v) is 40.0. The van der Waals surface area contributed by atoms with Crippen molar-refractivity contribution in [2.75, 3.05) is 0 Å². The molecule has 0 spiro atoms. The standard InChI is InChI=1S/C29H41.C13H8Br2.C5H5.2ClH.Zr/c1-26(2,3)22-14-18-13-19-15-23(27(4,5)6)25(29(10,11)12)17-21(19)20(18)16-24(22)28(7,8)9;14-12-5-1-10(2-6-12)9-11-3-7-13(15)8-4-11;1-2-4-5-3-1;;;/h13-17H,1-12H3;1-8H;1-5H;2*1H;/q;;;;;+2/p-2. The van der Waals surface area contributed by atoms with E-state index in [2.05, 4.69) is 212 Å². The first-order valence-electron chi connectivity index (χ1n) is 18.5. The van der Waals surface area contributed by atoms with Crippen molar-refractivity contribution in [1.29, 1.82) is 0 Å². The Morgan fingerprint density at radius 3 is 1.12 bits per heavy atom. The summed E-state index contributed by atoms with van der Waals surface area (Å²) in [7, 11) is 18.0. The van der Waals surface area contributed by atoms with Crippen LogP contribution in [0.1, 0.15) is 131 Å². The molecule has 5 heteroatoms. The summed E-state index contributed by atoms with van der Waals surface area (Å²) in [4.78, 5) is 0. The molecule has 4 aromatic carbocycles. The number of allylic oxidation sites excluding steroid dienone is 4. The molecule has 0 bridgehead atoms. The van der Waals surface area contributed by atoms with Crippen molar-refractivity contribution in [3.05, 3.63) is 151 Å². The van der Waals surface area contributed by atoms with Crippen LogP contribution in [0.4, 0.5) is 0 Å². The average molecular weight is 941 g/mol. The summed E-state index contributed by atoms with van der Waals surface area (Å²) < 4.78 is 2.81. The van der Waals surface area contributed by atoms with Gasteiger partial charge in [-0.05, 0) is 0 Å². The maximum atomic E-state index is 8.98. The van der Waals surface area contributed by atoms with Crippen LogP contribution < -0.4 is 0 Å². The molecule has 0 aliphatic heterocycles. The van der Waals surface area contributed by atoms with E-state index in [0.717, 1.165) is 23.3 Å². The van der Waals surface area contributed by atoms with Gasteiger partial charge in [0.25, 0.3) is 0 Å². The summed E-state index contributed by atoms with van der Waals surface area (Å²) >= 11 is 1.85. The first kappa shape index (κ1) is 40.3. The summed E-state index contributed by atoms with van der Waals surface area (Å²) in [6.45, 7) is 28.1. The fourth-order valence-electron chi connectivity index (χ4n) is 8.64. The van der Waals surface area contributed by atoms with Gasteiger partial charge in [-0.2, -0.15) is 0 Å². The topological polar surface area (TPSA) is 0 Å². The third-order valence-electron chi connectivity index (χ3n) is 11.2. The van der Waals surface area contributed by atoms with Crippen LogP contribution in [0.25, 0.3) is 11.1 Å². The molecule has 2 aliphatic carbocycles. The molecule has 0 N–H and O–H groups in total. The molecule has 0 radical (unpaired) electrons. The molecule has 0 aromatic heterocycles. The van der Waals surface area contributed by atoms with Gasteiger partial charge in [0.2, 0.25) is 0 Å². The molecule has 0 saturated carbocycles. The molecular weight excluding hydrogens is 886 g/mol. The summed E-state index contributed by atoms with van der Waals surface area (Å²) in [6, 6.07) is 27.4. The van der Waals surface area contributed by atoms with Crippen molar-refractivity contribution in [2.45, 2.75) is 112 Å². The summed E-state index contributed by atoms with van der Waals surface area (Å²) in [5, 5.41) is 0. The summed E-state index contributed by atoms with van der Waals surface area (Å²) in [5.41, 5.74) is 12.4. The Hall–Kier alpha value is -1.35. The van der Waals surface area contributed by atoms with Gasteiger partial charge in [0.05, 0.1) is 0 Å². The fraction of sp³-hybridized carbons (Fsp3) is 0.383. The molecule has 2 aliphatic rings. The SMILES string of the molecule is CC(C)(C)c1cc2c(cc1C(C)(C)C)[CH]([Zr]([Cl])([Cl])(=[C](c1ccc(Br)cc1)c1ccc(Br)cc1)[CH]1C=CC=C1)c1cc(C(C)(C)C)c(C(C)(C)C)cc1-2. The van der Waals surface area contributed by atoms with Gasteiger partial charge in [-0.25, -0.2) is 0 Å². The van der Waals surface area contributed by atoms with E-state index in [1.54, 1.807) is 0 Å². The average Bonchev–Trinajstić information content (AvgIpc) is 3.68. The Morgan fingerprint density at radius 1 is 0.500 bits per heavy atom. The van der Waals surface area contributed by atoms with Crippen LogP contribution >= 0.6 is 48.9 Å². The predicted octanol–water partition coefficient (Wildman–Crippen LogP) is 15.7. The van der Waals surface area contributed by atoms with Gasteiger partial charge >= 0.3 is 342 Å². The van der Waals surface area contributed by atoms with E-state index in [0.29, 0.717) is 0 Å². The molecule has 0 amide bonds. The Balaban J connectivity index is 1.92. The second kappa shape index (κ2) is 13.4. The van der Waals surface area contributed by atoms with Crippen LogP contribution in [0.15, 0.2) is 106 Å². The van der Waals surface area contributed by atoms with Crippen molar-refractivity contribution in [2.24, 2.45) is 0 Å². The van der Waals surface area contributed by atoms with Crippen molar-refractivity contribution in [1.82, 2.24) is 0 Å². The van der Waals surface area contributed by atoms with Crippen molar-refractivity contribution >= 4 is 52.1 Å². The number of hydrogen-bond donors (Lipinski definition) is 0. The third kappa shape index (κ3) is 7.00. The van der Waals surface area contributed by atoms with Crippen LogP contribution in [0.2, 0.25) is 3.63 Å². The molecular formula is C47H54Br2Cl2Zr. The Morgan fingerprint density at radius 2 is 0.808 bits per heavy atom. The van der Waals surface area contributed by atoms with Gasteiger partial charge in [0, 0.05) is 0 Å². The van der Waals surface area contributed by atoms with E-state index in [4.69, 9.17) is 17.0 Å². The molecule has 0 unspecified atom stereocenters. The predicted molar refractivity (Wildman–Crippen MR) is 234 cm³/mol. The van der Waals surface area contributed by atoms with Crippen LogP contribution in [-0.2, 0) is 37.6 Å². The molecule has 6 rings (SSSR count). The van der Waals surface area contributed by atoms with Crippen LogP contribution in [0, 0.1) is 0 Å².